The molecule has 1 aliphatic heterocycles. The Bertz CT molecular complexity index is 1630. The minimum Gasteiger partial charge on any atom is -0.459 e. The highest BCUT2D eigenvalue weighted by atomic mass is 31.2. The summed E-state index contributed by atoms with van der Waals surface area (Å²) < 4.78 is 48.8. The van der Waals surface area contributed by atoms with Crippen molar-refractivity contribution in [3.05, 3.63) is 144 Å². The topological polar surface area (TPSA) is 130 Å². The van der Waals surface area contributed by atoms with E-state index in [1.165, 1.54) is 4.90 Å². The fraction of sp³-hybridized carbons (Fsp3) is 0.297. The van der Waals surface area contributed by atoms with Crippen LogP contribution in [0.3, 0.4) is 0 Å². The molecular formula is C37H40NO10P. The van der Waals surface area contributed by atoms with Crippen LogP contribution in [0.5, 0.6) is 0 Å². The second-order valence-electron chi connectivity index (χ2n) is 11.3. The number of hydrogen-bond donors (Lipinski definition) is 1. The second-order valence-corrected chi connectivity index (χ2v) is 12.9. The lowest BCUT2D eigenvalue weighted by molar-refractivity contribution is -0.152. The first kappa shape index (κ1) is 35.9. The van der Waals surface area contributed by atoms with Gasteiger partial charge in [0.15, 0.2) is 6.04 Å². The van der Waals surface area contributed by atoms with E-state index in [1.54, 1.807) is 36.4 Å². The van der Waals surface area contributed by atoms with Gasteiger partial charge in [0, 0.05) is 6.54 Å². The molecule has 0 aliphatic carbocycles. The smallest absolute Gasteiger partial charge is 0.459 e. The van der Waals surface area contributed by atoms with Gasteiger partial charge >= 0.3 is 19.9 Å². The summed E-state index contributed by atoms with van der Waals surface area (Å²) in [5.41, 5.74) is 3.09. The van der Waals surface area contributed by atoms with E-state index in [1.807, 2.05) is 84.9 Å². The summed E-state index contributed by atoms with van der Waals surface area (Å²) in [7, 11) is -4.45. The summed E-state index contributed by atoms with van der Waals surface area (Å²) in [6, 6.07) is 35.3. The molecule has 258 valence electrons. The summed E-state index contributed by atoms with van der Waals surface area (Å²) in [5, 5.41) is 9.99. The summed E-state index contributed by atoms with van der Waals surface area (Å²) >= 11 is 0. The van der Waals surface area contributed by atoms with Crippen LogP contribution >= 0.6 is 7.82 Å². The molecule has 4 atom stereocenters. The molecule has 11 nitrogen and oxygen atoms in total. The molecule has 1 aliphatic rings. The van der Waals surface area contributed by atoms with Crippen molar-refractivity contribution in [1.29, 1.82) is 0 Å². The van der Waals surface area contributed by atoms with Crippen LogP contribution in [0.25, 0.3) is 0 Å². The van der Waals surface area contributed by atoms with Crippen molar-refractivity contribution in [1.82, 2.24) is 4.90 Å². The monoisotopic (exact) mass is 689 g/mol. The van der Waals surface area contributed by atoms with Crippen LogP contribution < -0.4 is 0 Å². The first-order valence-electron chi connectivity index (χ1n) is 16.0. The van der Waals surface area contributed by atoms with E-state index in [0.29, 0.717) is 5.56 Å². The number of nitrogens with zero attached hydrogens (tertiary/aromatic N) is 1. The van der Waals surface area contributed by atoms with Crippen molar-refractivity contribution in [3.8, 4) is 0 Å². The van der Waals surface area contributed by atoms with E-state index in [-0.39, 0.29) is 46.0 Å². The van der Waals surface area contributed by atoms with E-state index in [2.05, 4.69) is 0 Å². The molecule has 1 heterocycles. The van der Waals surface area contributed by atoms with Crippen LogP contribution in [0.1, 0.15) is 28.7 Å². The predicted molar refractivity (Wildman–Crippen MR) is 180 cm³/mol. The third kappa shape index (κ3) is 11.1. The molecule has 0 aromatic heterocycles. The molecule has 5 rings (SSSR count). The normalized spacial score (nSPS) is 17.6. The summed E-state index contributed by atoms with van der Waals surface area (Å²) in [6.45, 7) is -0.721. The van der Waals surface area contributed by atoms with Crippen molar-refractivity contribution in [3.63, 3.8) is 0 Å². The zero-order chi connectivity index (χ0) is 34.3. The van der Waals surface area contributed by atoms with Crippen LogP contribution in [-0.2, 0) is 63.6 Å². The number of ether oxygens (including phenoxy) is 3. The number of phosphoric ester groups is 1. The second kappa shape index (κ2) is 18.4. The fourth-order valence-corrected chi connectivity index (χ4v) is 6.49. The fourth-order valence-electron chi connectivity index (χ4n) is 5.08. The minimum absolute atomic E-state index is 0.0131. The lowest BCUT2D eigenvalue weighted by Crippen LogP contribution is -2.46. The summed E-state index contributed by atoms with van der Waals surface area (Å²) in [5.74, 6) is -0.767. The number of phosphoric acid groups is 1. The van der Waals surface area contributed by atoms with Gasteiger partial charge in [-0.15, -0.1) is 0 Å². The van der Waals surface area contributed by atoms with Crippen molar-refractivity contribution in [2.75, 3.05) is 19.8 Å². The van der Waals surface area contributed by atoms with Crippen molar-refractivity contribution in [2.24, 2.45) is 0 Å². The summed E-state index contributed by atoms with van der Waals surface area (Å²) in [4.78, 5) is 28.2. The highest BCUT2D eigenvalue weighted by Crippen LogP contribution is 2.53. The average molecular weight is 690 g/mol. The van der Waals surface area contributed by atoms with E-state index in [9.17, 15) is 19.3 Å². The van der Waals surface area contributed by atoms with E-state index in [0.717, 1.165) is 16.7 Å². The number of rotatable bonds is 17. The largest absolute Gasteiger partial charge is 0.475 e. The van der Waals surface area contributed by atoms with Gasteiger partial charge in [-0.05, 0) is 28.7 Å². The van der Waals surface area contributed by atoms with Crippen LogP contribution in [0, 0.1) is 0 Å². The van der Waals surface area contributed by atoms with Crippen molar-refractivity contribution in [2.45, 2.75) is 51.1 Å². The van der Waals surface area contributed by atoms with Gasteiger partial charge in [0.25, 0.3) is 0 Å². The highest BCUT2D eigenvalue weighted by Gasteiger charge is 2.48. The van der Waals surface area contributed by atoms with Crippen LogP contribution in [0.2, 0.25) is 0 Å². The standard InChI is InChI=1S/C37H40NO10P/c39-23-33(43-24-29-13-5-1-6-14-29)28-47-49(42,46-27-32-19-11-4-12-20-32)48-34-21-22-38(37(41)45-26-31-17-9-3-10-18-31)35(34)36(40)44-25-30-15-7-2-8-16-30/h1-20,33-35,39H,21-28H2/t33-,34-,35-,49?/m1/s1. The van der Waals surface area contributed by atoms with Gasteiger partial charge in [0.2, 0.25) is 0 Å². The maximum Gasteiger partial charge on any atom is 0.475 e. The maximum atomic E-state index is 14.3. The Labute approximate surface area is 285 Å². The number of aliphatic hydroxyl groups is 1. The number of likely N-dealkylation sites (tertiary alicyclic amines) is 1. The zero-order valence-corrected chi connectivity index (χ0v) is 27.8. The molecule has 4 aromatic rings. The lowest BCUT2D eigenvalue weighted by atomic mass is 10.2. The predicted octanol–water partition coefficient (Wildman–Crippen LogP) is 6.45. The number of aliphatic hydroxyl groups excluding tert-OH is 1. The molecule has 0 bridgehead atoms. The quantitative estimate of drug-likeness (QED) is 0.0976. The van der Waals surface area contributed by atoms with E-state index >= 15 is 0 Å². The molecule has 1 amide bonds. The molecule has 0 radical (unpaired) electrons. The number of amides is 1. The van der Waals surface area contributed by atoms with E-state index < -0.39 is 44.7 Å². The Morgan fingerprint density at radius 2 is 1.18 bits per heavy atom. The maximum absolute atomic E-state index is 14.3. The molecule has 1 saturated heterocycles. The third-order valence-corrected chi connectivity index (χ3v) is 9.13. The van der Waals surface area contributed by atoms with Gasteiger partial charge in [-0.2, -0.15) is 0 Å². The van der Waals surface area contributed by atoms with Gasteiger partial charge < -0.3 is 19.3 Å². The first-order chi connectivity index (χ1) is 23.9. The van der Waals surface area contributed by atoms with Gasteiger partial charge in [-0.25, -0.2) is 14.2 Å². The summed E-state index contributed by atoms with van der Waals surface area (Å²) in [6.07, 6.45) is -2.64. The Balaban J connectivity index is 1.32. The number of benzene rings is 4. The zero-order valence-electron chi connectivity index (χ0n) is 27.0. The van der Waals surface area contributed by atoms with Gasteiger partial charge in [0.05, 0.1) is 26.4 Å². The average Bonchev–Trinajstić information content (AvgIpc) is 3.57. The van der Waals surface area contributed by atoms with Gasteiger partial charge in [-0.1, -0.05) is 121 Å². The highest BCUT2D eigenvalue weighted by molar-refractivity contribution is 7.48. The number of esters is 1. The number of carbonyl (C=O) groups excluding carboxylic acids is 2. The van der Waals surface area contributed by atoms with Gasteiger partial charge in [-0.3, -0.25) is 18.5 Å². The van der Waals surface area contributed by atoms with E-state index in [4.69, 9.17) is 27.8 Å². The Kier molecular flexibility index (Phi) is 13.5. The molecule has 49 heavy (non-hydrogen) atoms. The molecule has 1 fully saturated rings. The van der Waals surface area contributed by atoms with Crippen LogP contribution in [0.4, 0.5) is 4.79 Å². The van der Waals surface area contributed by atoms with Crippen molar-refractivity contribution < 1.29 is 47.0 Å². The Morgan fingerprint density at radius 3 is 1.71 bits per heavy atom. The molecule has 12 heteroatoms. The third-order valence-electron chi connectivity index (χ3n) is 7.69. The van der Waals surface area contributed by atoms with Crippen LogP contribution in [0.15, 0.2) is 121 Å². The Morgan fingerprint density at radius 1 is 0.694 bits per heavy atom. The van der Waals surface area contributed by atoms with Gasteiger partial charge in [0.1, 0.15) is 25.4 Å². The van der Waals surface area contributed by atoms with Crippen molar-refractivity contribution >= 4 is 19.9 Å². The lowest BCUT2D eigenvalue weighted by Gasteiger charge is -2.28. The molecule has 4 aromatic carbocycles. The molecule has 1 unspecified atom stereocenters. The Hall–Kier alpha value is -4.35. The molecule has 1 N–H and O–H groups in total. The number of carbonyl (C=O) groups is 2. The number of hydrogen-bond acceptors (Lipinski definition) is 10. The minimum atomic E-state index is -4.45. The molecule has 0 spiro atoms. The molecular weight excluding hydrogens is 649 g/mol. The van der Waals surface area contributed by atoms with Crippen LogP contribution in [-0.4, -0.2) is 60.1 Å². The molecule has 0 saturated carbocycles. The first-order valence-corrected chi connectivity index (χ1v) is 17.4. The SMILES string of the molecule is O=C(OCc1ccccc1)[C@H]1[C@H](OP(=O)(OCc2ccccc2)OC[C@@H](CO)OCc2ccccc2)CCN1C(=O)OCc1ccccc1.